The summed E-state index contributed by atoms with van der Waals surface area (Å²) >= 11 is 0. The molecule has 124 valence electrons. The highest BCUT2D eigenvalue weighted by molar-refractivity contribution is 5.72. The molecule has 0 fully saturated rings. The minimum atomic E-state index is -0.307. The molecule has 6 nitrogen and oxygen atoms in total. The molecule has 0 bridgehead atoms. The number of nitrogens with one attached hydrogen (secondary N) is 1. The molecule has 1 atom stereocenters. The quantitative estimate of drug-likeness (QED) is 0.816. The SMILES string of the molecule is COCC(C)CCNc1nnc(-c2cccc(F)c2C)c(N)n1. The van der Waals surface area contributed by atoms with Gasteiger partial charge in [-0.05, 0) is 30.9 Å². The molecular weight excluding hydrogens is 297 g/mol. The van der Waals surface area contributed by atoms with Gasteiger partial charge < -0.3 is 15.8 Å². The zero-order chi connectivity index (χ0) is 16.8. The van der Waals surface area contributed by atoms with E-state index < -0.39 is 0 Å². The van der Waals surface area contributed by atoms with Gasteiger partial charge in [-0.15, -0.1) is 10.2 Å². The third kappa shape index (κ3) is 4.35. The van der Waals surface area contributed by atoms with Crippen LogP contribution in [0.5, 0.6) is 0 Å². The van der Waals surface area contributed by atoms with Gasteiger partial charge in [-0.1, -0.05) is 19.1 Å². The molecule has 2 aromatic rings. The van der Waals surface area contributed by atoms with Crippen molar-refractivity contribution in [3.05, 3.63) is 29.6 Å². The molecule has 0 aliphatic rings. The van der Waals surface area contributed by atoms with Gasteiger partial charge in [0.1, 0.15) is 11.5 Å². The fourth-order valence-electron chi connectivity index (χ4n) is 2.27. The number of aromatic nitrogens is 3. The van der Waals surface area contributed by atoms with Gasteiger partial charge in [0.2, 0.25) is 5.95 Å². The molecule has 0 saturated heterocycles. The third-order valence-electron chi connectivity index (χ3n) is 3.61. The average molecular weight is 319 g/mol. The van der Waals surface area contributed by atoms with Crippen LogP contribution in [-0.4, -0.2) is 35.4 Å². The molecule has 1 aromatic heterocycles. The highest BCUT2D eigenvalue weighted by Crippen LogP contribution is 2.26. The Hall–Kier alpha value is -2.28. The Morgan fingerprint density at radius 1 is 1.35 bits per heavy atom. The van der Waals surface area contributed by atoms with Crippen LogP contribution in [0.15, 0.2) is 18.2 Å². The summed E-state index contributed by atoms with van der Waals surface area (Å²) in [6.45, 7) is 5.19. The van der Waals surface area contributed by atoms with Crippen LogP contribution in [-0.2, 0) is 4.74 Å². The van der Waals surface area contributed by atoms with E-state index in [4.69, 9.17) is 10.5 Å². The molecule has 1 heterocycles. The Bertz CT molecular complexity index is 665. The van der Waals surface area contributed by atoms with E-state index in [1.165, 1.54) is 6.07 Å². The molecule has 7 heteroatoms. The van der Waals surface area contributed by atoms with Gasteiger partial charge in [0.05, 0.1) is 0 Å². The van der Waals surface area contributed by atoms with E-state index in [9.17, 15) is 4.39 Å². The minimum absolute atomic E-state index is 0.223. The van der Waals surface area contributed by atoms with Crippen molar-refractivity contribution >= 4 is 11.8 Å². The van der Waals surface area contributed by atoms with Crippen molar-refractivity contribution in [1.82, 2.24) is 15.2 Å². The predicted molar refractivity (Wildman–Crippen MR) is 88.5 cm³/mol. The summed E-state index contributed by atoms with van der Waals surface area (Å²) in [7, 11) is 1.69. The van der Waals surface area contributed by atoms with Gasteiger partial charge in [-0.2, -0.15) is 4.98 Å². The number of benzene rings is 1. The van der Waals surface area contributed by atoms with E-state index in [-0.39, 0.29) is 11.6 Å². The van der Waals surface area contributed by atoms with E-state index in [1.54, 1.807) is 26.2 Å². The van der Waals surface area contributed by atoms with Crippen LogP contribution >= 0.6 is 0 Å². The lowest BCUT2D eigenvalue weighted by molar-refractivity contribution is 0.157. The number of nitrogen functional groups attached to an aromatic ring is 1. The summed E-state index contributed by atoms with van der Waals surface area (Å²) in [5, 5.41) is 11.2. The molecule has 1 aromatic carbocycles. The molecule has 2 rings (SSSR count). The van der Waals surface area contributed by atoms with Crippen molar-refractivity contribution in [2.24, 2.45) is 5.92 Å². The van der Waals surface area contributed by atoms with Crippen molar-refractivity contribution in [3.63, 3.8) is 0 Å². The Morgan fingerprint density at radius 2 is 2.13 bits per heavy atom. The van der Waals surface area contributed by atoms with Gasteiger partial charge in [-0.3, -0.25) is 0 Å². The minimum Gasteiger partial charge on any atom is -0.384 e. The normalized spacial score (nSPS) is 12.2. The lowest BCUT2D eigenvalue weighted by Gasteiger charge is -2.11. The second kappa shape index (κ2) is 7.82. The number of halogens is 1. The number of methoxy groups -OCH3 is 1. The number of nitrogens with zero attached hydrogens (tertiary/aromatic N) is 3. The molecule has 3 N–H and O–H groups in total. The van der Waals surface area contributed by atoms with Crippen LogP contribution in [0, 0.1) is 18.7 Å². The van der Waals surface area contributed by atoms with Crippen LogP contribution in [0.3, 0.4) is 0 Å². The number of hydrogen-bond acceptors (Lipinski definition) is 6. The van der Waals surface area contributed by atoms with Crippen molar-refractivity contribution in [1.29, 1.82) is 0 Å². The van der Waals surface area contributed by atoms with Gasteiger partial charge in [0.15, 0.2) is 5.82 Å². The zero-order valence-electron chi connectivity index (χ0n) is 13.6. The first-order chi connectivity index (χ1) is 11.0. The number of hydrogen-bond donors (Lipinski definition) is 2. The smallest absolute Gasteiger partial charge is 0.244 e. The molecule has 0 aliphatic carbocycles. The largest absolute Gasteiger partial charge is 0.384 e. The van der Waals surface area contributed by atoms with Crippen LogP contribution in [0.1, 0.15) is 18.9 Å². The number of ether oxygens (including phenoxy) is 1. The molecule has 0 spiro atoms. The molecule has 0 aliphatic heterocycles. The average Bonchev–Trinajstić information content (AvgIpc) is 2.51. The third-order valence-corrected chi connectivity index (χ3v) is 3.61. The summed E-state index contributed by atoms with van der Waals surface area (Å²) in [4.78, 5) is 4.20. The van der Waals surface area contributed by atoms with Gasteiger partial charge >= 0.3 is 0 Å². The fourth-order valence-corrected chi connectivity index (χ4v) is 2.27. The summed E-state index contributed by atoms with van der Waals surface area (Å²) in [5.41, 5.74) is 7.42. The van der Waals surface area contributed by atoms with Crippen LogP contribution in [0.4, 0.5) is 16.2 Å². The second-order valence-corrected chi connectivity index (χ2v) is 5.56. The fraction of sp³-hybridized carbons (Fsp3) is 0.438. The van der Waals surface area contributed by atoms with E-state index in [1.807, 2.05) is 0 Å². The Morgan fingerprint density at radius 3 is 2.83 bits per heavy atom. The Labute approximate surface area is 135 Å². The first-order valence-electron chi connectivity index (χ1n) is 7.51. The summed E-state index contributed by atoms with van der Waals surface area (Å²) in [5.74, 6) is 0.719. The van der Waals surface area contributed by atoms with Crippen LogP contribution < -0.4 is 11.1 Å². The van der Waals surface area contributed by atoms with Gasteiger partial charge in [0, 0.05) is 25.8 Å². The standard InChI is InChI=1S/C16H22FN5O/c1-10(9-23-3)7-8-19-16-20-15(18)14(21-22-16)12-5-4-6-13(17)11(12)2/h4-6,10H,7-9H2,1-3H3,(H3,18,19,20,22). The number of anilines is 2. The van der Waals surface area contributed by atoms with Crippen LogP contribution in [0.2, 0.25) is 0 Å². The molecule has 0 radical (unpaired) electrons. The molecule has 0 saturated carbocycles. The summed E-state index contributed by atoms with van der Waals surface area (Å²) in [6.07, 6.45) is 0.919. The van der Waals surface area contributed by atoms with Crippen LogP contribution in [0.25, 0.3) is 11.3 Å². The maximum absolute atomic E-state index is 13.6. The maximum Gasteiger partial charge on any atom is 0.244 e. The molecule has 1 unspecified atom stereocenters. The Kier molecular flexibility index (Phi) is 5.81. The van der Waals surface area contributed by atoms with Gasteiger partial charge in [-0.25, -0.2) is 4.39 Å². The highest BCUT2D eigenvalue weighted by Gasteiger charge is 2.13. The molecular formula is C16H22FN5O. The van der Waals surface area contributed by atoms with E-state index >= 15 is 0 Å². The Balaban J connectivity index is 2.08. The van der Waals surface area contributed by atoms with E-state index in [0.29, 0.717) is 41.8 Å². The van der Waals surface area contributed by atoms with Crippen molar-refractivity contribution in [2.75, 3.05) is 31.3 Å². The van der Waals surface area contributed by atoms with Crippen molar-refractivity contribution in [2.45, 2.75) is 20.3 Å². The van der Waals surface area contributed by atoms with Crippen molar-refractivity contribution < 1.29 is 9.13 Å². The number of rotatable bonds is 7. The maximum atomic E-state index is 13.6. The highest BCUT2D eigenvalue weighted by atomic mass is 19.1. The molecule has 23 heavy (non-hydrogen) atoms. The lowest BCUT2D eigenvalue weighted by Crippen LogP contribution is -2.13. The summed E-state index contributed by atoms with van der Waals surface area (Å²) in [6, 6.07) is 4.76. The first kappa shape index (κ1) is 17.1. The first-order valence-corrected chi connectivity index (χ1v) is 7.51. The van der Waals surface area contributed by atoms with E-state index in [2.05, 4.69) is 27.4 Å². The predicted octanol–water partition coefficient (Wildman–Crippen LogP) is 2.65. The second-order valence-electron chi connectivity index (χ2n) is 5.56. The summed E-state index contributed by atoms with van der Waals surface area (Å²) < 4.78 is 18.7. The monoisotopic (exact) mass is 319 g/mol. The molecule has 0 amide bonds. The van der Waals surface area contributed by atoms with E-state index in [0.717, 1.165) is 6.42 Å². The van der Waals surface area contributed by atoms with Gasteiger partial charge in [0.25, 0.3) is 0 Å². The van der Waals surface area contributed by atoms with Crippen molar-refractivity contribution in [3.8, 4) is 11.3 Å². The number of nitrogens with two attached hydrogens (primary N) is 1. The topological polar surface area (TPSA) is 86.0 Å². The lowest BCUT2D eigenvalue weighted by atomic mass is 10.1. The zero-order valence-corrected chi connectivity index (χ0v) is 13.6.